The first-order valence-electron chi connectivity index (χ1n) is 14.2. The summed E-state index contributed by atoms with van der Waals surface area (Å²) in [4.78, 5) is 19.3. The van der Waals surface area contributed by atoms with E-state index in [1.54, 1.807) is 0 Å². The van der Waals surface area contributed by atoms with Crippen molar-refractivity contribution in [2.75, 3.05) is 37.6 Å². The number of anilines is 1. The number of nitrogens with zero attached hydrogens (tertiary/aromatic N) is 2. The molecular formula is C31H46N2O. The van der Waals surface area contributed by atoms with Crippen LogP contribution in [0.5, 0.6) is 0 Å². The highest BCUT2D eigenvalue weighted by Gasteiger charge is 2.46. The molecule has 0 unspecified atom stereocenters. The molecule has 34 heavy (non-hydrogen) atoms. The molecule has 0 radical (unpaired) electrons. The predicted octanol–water partition coefficient (Wildman–Crippen LogP) is 7.75. The molecule has 1 aliphatic carbocycles. The summed E-state index contributed by atoms with van der Waals surface area (Å²) in [6.07, 6.45) is 12.9. The van der Waals surface area contributed by atoms with Crippen LogP contribution in [0.15, 0.2) is 30.3 Å². The highest BCUT2D eigenvalue weighted by molar-refractivity contribution is 6.22. The zero-order valence-electron chi connectivity index (χ0n) is 22.0. The van der Waals surface area contributed by atoms with Crippen LogP contribution in [0.1, 0.15) is 107 Å². The van der Waals surface area contributed by atoms with Crippen LogP contribution in [0.3, 0.4) is 0 Å². The maximum atomic E-state index is 14.1. The molecule has 3 nitrogen and oxygen atoms in total. The Labute approximate surface area is 207 Å². The fourth-order valence-electron chi connectivity index (χ4n) is 6.43. The van der Waals surface area contributed by atoms with Gasteiger partial charge in [-0.2, -0.15) is 0 Å². The van der Waals surface area contributed by atoms with E-state index in [9.17, 15) is 4.79 Å². The highest BCUT2D eigenvalue weighted by Crippen LogP contribution is 2.50. The Morgan fingerprint density at radius 3 is 2.24 bits per heavy atom. The second kappa shape index (κ2) is 11.7. The number of hydrogen-bond acceptors (Lipinski definition) is 3. The number of Topliss-reactive ketones (excluding diaryl/α,β-unsaturated/α-hetero) is 1. The van der Waals surface area contributed by atoms with E-state index in [1.165, 1.54) is 80.1 Å². The average molecular weight is 463 g/mol. The Bertz CT molecular complexity index is 955. The molecule has 186 valence electrons. The van der Waals surface area contributed by atoms with Crippen molar-refractivity contribution in [2.45, 2.75) is 96.8 Å². The van der Waals surface area contributed by atoms with Crippen molar-refractivity contribution in [3.05, 3.63) is 41.5 Å². The van der Waals surface area contributed by atoms with E-state index in [0.29, 0.717) is 5.78 Å². The lowest BCUT2D eigenvalue weighted by atomic mass is 9.72. The number of hydrogen-bond donors (Lipinski definition) is 0. The van der Waals surface area contributed by atoms with Gasteiger partial charge in [0.05, 0.1) is 5.41 Å². The van der Waals surface area contributed by atoms with Gasteiger partial charge in [-0.1, -0.05) is 90.0 Å². The number of benzene rings is 2. The Balaban J connectivity index is 1.68. The number of carbonyl (C=O) groups excluding carboxylic acids is 1. The molecule has 0 spiro atoms. The van der Waals surface area contributed by atoms with Gasteiger partial charge in [0.25, 0.3) is 0 Å². The summed E-state index contributed by atoms with van der Waals surface area (Å²) >= 11 is 0. The monoisotopic (exact) mass is 462 g/mol. The molecule has 3 heteroatoms. The van der Waals surface area contributed by atoms with Gasteiger partial charge < -0.3 is 9.80 Å². The molecular weight excluding hydrogens is 416 g/mol. The molecule has 0 bridgehead atoms. The van der Waals surface area contributed by atoms with Gasteiger partial charge in [-0.15, -0.1) is 0 Å². The summed E-state index contributed by atoms with van der Waals surface area (Å²) in [5.41, 5.74) is 3.35. The topological polar surface area (TPSA) is 23.6 Å². The van der Waals surface area contributed by atoms with Crippen molar-refractivity contribution in [1.29, 1.82) is 0 Å². The van der Waals surface area contributed by atoms with Crippen LogP contribution in [0, 0.1) is 0 Å². The van der Waals surface area contributed by atoms with Gasteiger partial charge in [0, 0.05) is 36.3 Å². The van der Waals surface area contributed by atoms with Crippen molar-refractivity contribution in [3.8, 4) is 0 Å². The van der Waals surface area contributed by atoms with Crippen molar-refractivity contribution < 1.29 is 4.79 Å². The fraction of sp³-hybridized carbons (Fsp3) is 0.645. The quantitative estimate of drug-likeness (QED) is 0.301. The van der Waals surface area contributed by atoms with Gasteiger partial charge in [0.15, 0.2) is 5.78 Å². The minimum absolute atomic E-state index is 0.305. The van der Waals surface area contributed by atoms with Gasteiger partial charge in [-0.05, 0) is 55.8 Å². The maximum Gasteiger partial charge on any atom is 0.174 e. The van der Waals surface area contributed by atoms with E-state index in [1.807, 2.05) is 0 Å². The smallest absolute Gasteiger partial charge is 0.174 e. The molecule has 2 aromatic carbocycles. The van der Waals surface area contributed by atoms with Gasteiger partial charge in [0.2, 0.25) is 0 Å². The SMILES string of the molecule is CCCCCC1(CCCCC)C(=O)c2cccc3c(N4CCCN(CCCC)CC4)ccc1c23. The van der Waals surface area contributed by atoms with Crippen LogP contribution in [-0.4, -0.2) is 43.4 Å². The summed E-state index contributed by atoms with van der Waals surface area (Å²) in [6, 6.07) is 11.2. The molecule has 0 N–H and O–H groups in total. The molecule has 1 heterocycles. The van der Waals surface area contributed by atoms with Crippen LogP contribution in [0.4, 0.5) is 5.69 Å². The van der Waals surface area contributed by atoms with Crippen molar-refractivity contribution in [1.82, 2.24) is 4.90 Å². The lowest BCUT2D eigenvalue weighted by molar-refractivity contribution is 0.0870. The standard InChI is InChI=1S/C31H46N2O/c1-4-7-10-18-31(19-11-8-5-2)27-16-17-28(25-14-12-15-26(29(25)27)30(31)34)33-22-13-21-32(23-24-33)20-9-6-3/h12,14-17H,4-11,13,18-24H2,1-3H3. The zero-order valence-corrected chi connectivity index (χ0v) is 22.0. The van der Waals surface area contributed by atoms with Crippen LogP contribution < -0.4 is 4.90 Å². The normalized spacial score (nSPS) is 18.1. The number of ketones is 1. The minimum atomic E-state index is -0.305. The second-order valence-corrected chi connectivity index (χ2v) is 10.7. The summed E-state index contributed by atoms with van der Waals surface area (Å²) in [7, 11) is 0. The number of unbranched alkanes of at least 4 members (excludes halogenated alkanes) is 5. The second-order valence-electron chi connectivity index (χ2n) is 10.7. The maximum absolute atomic E-state index is 14.1. The van der Waals surface area contributed by atoms with Crippen LogP contribution in [-0.2, 0) is 5.41 Å². The summed E-state index contributed by atoms with van der Waals surface area (Å²) in [5.74, 6) is 0.402. The third kappa shape index (κ3) is 4.91. The van der Waals surface area contributed by atoms with E-state index in [4.69, 9.17) is 0 Å². The largest absolute Gasteiger partial charge is 0.370 e. The Morgan fingerprint density at radius 1 is 0.794 bits per heavy atom. The lowest BCUT2D eigenvalue weighted by Crippen LogP contribution is -2.32. The Morgan fingerprint density at radius 2 is 1.53 bits per heavy atom. The molecule has 0 atom stereocenters. The molecule has 2 aliphatic rings. The van der Waals surface area contributed by atoms with E-state index in [2.05, 4.69) is 60.9 Å². The van der Waals surface area contributed by atoms with Crippen LogP contribution >= 0.6 is 0 Å². The van der Waals surface area contributed by atoms with Crippen molar-refractivity contribution in [3.63, 3.8) is 0 Å². The van der Waals surface area contributed by atoms with E-state index >= 15 is 0 Å². The van der Waals surface area contributed by atoms with Gasteiger partial charge in [-0.25, -0.2) is 0 Å². The van der Waals surface area contributed by atoms with Gasteiger partial charge in [0.1, 0.15) is 0 Å². The zero-order chi connectivity index (χ0) is 24.0. The third-order valence-corrected chi connectivity index (χ3v) is 8.38. The number of carbonyl (C=O) groups is 1. The predicted molar refractivity (Wildman–Crippen MR) is 146 cm³/mol. The fourth-order valence-corrected chi connectivity index (χ4v) is 6.43. The first kappa shape index (κ1) is 25.2. The molecule has 4 rings (SSSR count). The summed E-state index contributed by atoms with van der Waals surface area (Å²) in [5, 5.41) is 2.57. The molecule has 2 aromatic rings. The minimum Gasteiger partial charge on any atom is -0.370 e. The number of rotatable bonds is 12. The molecule has 0 aromatic heterocycles. The van der Waals surface area contributed by atoms with Crippen molar-refractivity contribution in [2.24, 2.45) is 0 Å². The van der Waals surface area contributed by atoms with Gasteiger partial charge in [-0.3, -0.25) is 4.79 Å². The molecule has 1 fully saturated rings. The lowest BCUT2D eigenvalue weighted by Gasteiger charge is -2.30. The van der Waals surface area contributed by atoms with Crippen molar-refractivity contribution >= 4 is 22.2 Å². The Hall–Kier alpha value is -1.87. The third-order valence-electron chi connectivity index (χ3n) is 8.38. The van der Waals surface area contributed by atoms with E-state index in [-0.39, 0.29) is 5.41 Å². The first-order chi connectivity index (χ1) is 16.7. The van der Waals surface area contributed by atoms with E-state index in [0.717, 1.165) is 50.9 Å². The summed E-state index contributed by atoms with van der Waals surface area (Å²) in [6.45, 7) is 12.5. The van der Waals surface area contributed by atoms with Crippen LogP contribution in [0.2, 0.25) is 0 Å². The van der Waals surface area contributed by atoms with Gasteiger partial charge >= 0.3 is 0 Å². The first-order valence-corrected chi connectivity index (χ1v) is 14.2. The van der Waals surface area contributed by atoms with Crippen LogP contribution in [0.25, 0.3) is 10.8 Å². The molecule has 0 amide bonds. The highest BCUT2D eigenvalue weighted by atomic mass is 16.1. The summed E-state index contributed by atoms with van der Waals surface area (Å²) < 4.78 is 0. The Kier molecular flexibility index (Phi) is 8.69. The molecule has 1 saturated heterocycles. The average Bonchev–Trinajstić information content (AvgIpc) is 2.99. The molecule has 1 aliphatic heterocycles. The van der Waals surface area contributed by atoms with E-state index < -0.39 is 0 Å². The molecule has 0 saturated carbocycles.